The van der Waals surface area contributed by atoms with Crippen LogP contribution in [0.2, 0.25) is 0 Å². The van der Waals surface area contributed by atoms with Gasteiger partial charge in [-0.1, -0.05) is 72.9 Å². The standard InChI is InChI=1S/C46H64/c1-5-31-9-12-34(25-31)15-16-35-17-18-38(28-35)21-22-40-29-39(8-4)43-44(40)46-42(24-20-37-14-11-33(7-3)27-37)30-41(45(43)46)23-19-36-13-10-32(6-2)26-36/h5-8,15-16,19-24,31-46H,1-4,9-14,17-18,25-30H2/b16-15-,22-21-,23-19-,24-20-. The summed E-state index contributed by atoms with van der Waals surface area (Å²) in [4.78, 5) is 0. The van der Waals surface area contributed by atoms with Crippen molar-refractivity contribution < 1.29 is 0 Å². The number of hydrogen-bond donors (Lipinski definition) is 0. The topological polar surface area (TPSA) is 0 Å². The van der Waals surface area contributed by atoms with Crippen molar-refractivity contribution in [1.29, 1.82) is 0 Å². The van der Waals surface area contributed by atoms with Crippen LogP contribution in [0.25, 0.3) is 0 Å². The van der Waals surface area contributed by atoms with E-state index in [-0.39, 0.29) is 0 Å². The van der Waals surface area contributed by atoms with Gasteiger partial charge in [-0.05, 0) is 185 Å². The van der Waals surface area contributed by atoms with Gasteiger partial charge < -0.3 is 0 Å². The fraction of sp³-hybridized carbons (Fsp3) is 0.652. The summed E-state index contributed by atoms with van der Waals surface area (Å²) < 4.78 is 0. The third-order valence-electron chi connectivity index (χ3n) is 14.7. The van der Waals surface area contributed by atoms with Gasteiger partial charge in [-0.25, -0.2) is 0 Å². The Bertz CT molecular complexity index is 1210. The van der Waals surface area contributed by atoms with Gasteiger partial charge in [-0.15, -0.1) is 26.3 Å². The zero-order valence-electron chi connectivity index (χ0n) is 28.9. The van der Waals surface area contributed by atoms with E-state index in [1.165, 1.54) is 89.9 Å². The van der Waals surface area contributed by atoms with E-state index >= 15 is 0 Å². The summed E-state index contributed by atoms with van der Waals surface area (Å²) in [5, 5.41) is 0. The van der Waals surface area contributed by atoms with Crippen molar-refractivity contribution in [3.8, 4) is 0 Å². The highest BCUT2D eigenvalue weighted by Gasteiger charge is 2.65. The second-order valence-corrected chi connectivity index (χ2v) is 17.3. The first-order valence-electron chi connectivity index (χ1n) is 19.8. The number of fused-ring (bicyclic) bond motifs is 4. The van der Waals surface area contributed by atoms with E-state index in [9.17, 15) is 0 Å². The van der Waals surface area contributed by atoms with Crippen LogP contribution in [0.3, 0.4) is 0 Å². The molecular formula is C46H64. The Balaban J connectivity index is 1.02. The molecule has 0 N–H and O–H groups in total. The molecule has 7 aliphatic carbocycles. The Labute approximate surface area is 283 Å². The quantitative estimate of drug-likeness (QED) is 0.191. The molecule has 16 atom stereocenters. The molecule has 0 bridgehead atoms. The van der Waals surface area contributed by atoms with E-state index in [4.69, 9.17) is 0 Å². The minimum Gasteiger partial charge on any atom is -0.103 e. The second kappa shape index (κ2) is 14.6. The van der Waals surface area contributed by atoms with Gasteiger partial charge in [0.1, 0.15) is 0 Å². The molecule has 0 aromatic heterocycles. The fourth-order valence-corrected chi connectivity index (χ4v) is 12.2. The molecule has 0 aliphatic heterocycles. The SMILES string of the molecule is C=CC1CCC(/C=C\C2CCC(/C=C\C3CC(C=C)C4C3C3C(/C=C\C5CCC(C=C)C5)CC(/C=C\C5CCC(C=C)C5)C43)C2)C1. The molecule has 0 aromatic carbocycles. The molecule has 16 unspecified atom stereocenters. The van der Waals surface area contributed by atoms with Gasteiger partial charge >= 0.3 is 0 Å². The molecule has 0 nitrogen and oxygen atoms in total. The maximum absolute atomic E-state index is 4.41. The Hall–Kier alpha value is -2.08. The summed E-state index contributed by atoms with van der Waals surface area (Å²) in [6, 6.07) is 0. The van der Waals surface area contributed by atoms with E-state index in [2.05, 4.69) is 99.2 Å². The zero-order valence-corrected chi connectivity index (χ0v) is 28.9. The molecule has 46 heavy (non-hydrogen) atoms. The largest absolute Gasteiger partial charge is 0.103 e. The van der Waals surface area contributed by atoms with Gasteiger partial charge in [-0.3, -0.25) is 0 Å². The van der Waals surface area contributed by atoms with Gasteiger partial charge in [0.05, 0.1) is 0 Å². The van der Waals surface area contributed by atoms with E-state index in [0.29, 0.717) is 5.92 Å². The highest BCUT2D eigenvalue weighted by molar-refractivity contribution is 5.24. The van der Waals surface area contributed by atoms with Crippen LogP contribution < -0.4 is 0 Å². The normalized spacial score (nSPS) is 48.5. The highest BCUT2D eigenvalue weighted by atomic mass is 14.7. The lowest BCUT2D eigenvalue weighted by Crippen LogP contribution is -2.48. The summed E-state index contributed by atoms with van der Waals surface area (Å²) in [5.74, 6) is 12.5. The van der Waals surface area contributed by atoms with Crippen molar-refractivity contribution in [3.63, 3.8) is 0 Å². The molecule has 0 radical (unpaired) electrons. The summed E-state index contributed by atoms with van der Waals surface area (Å²) in [7, 11) is 0. The van der Waals surface area contributed by atoms with Crippen LogP contribution in [0.1, 0.15) is 89.9 Å². The molecule has 7 saturated carbocycles. The Morgan fingerprint density at radius 1 is 0.261 bits per heavy atom. The molecule has 0 heterocycles. The van der Waals surface area contributed by atoms with Crippen molar-refractivity contribution >= 4 is 0 Å². The van der Waals surface area contributed by atoms with Crippen LogP contribution >= 0.6 is 0 Å². The molecular weight excluding hydrogens is 553 g/mol. The van der Waals surface area contributed by atoms with Gasteiger partial charge in [0.25, 0.3) is 0 Å². The van der Waals surface area contributed by atoms with Crippen molar-refractivity contribution in [3.05, 3.63) is 99.2 Å². The first-order chi connectivity index (χ1) is 22.6. The predicted octanol–water partition coefficient (Wildman–Crippen LogP) is 12.4. The number of rotatable bonds is 12. The predicted molar refractivity (Wildman–Crippen MR) is 198 cm³/mol. The first kappa shape index (κ1) is 32.5. The van der Waals surface area contributed by atoms with Crippen LogP contribution in [-0.2, 0) is 0 Å². The maximum Gasteiger partial charge on any atom is -0.0193 e. The van der Waals surface area contributed by atoms with Crippen molar-refractivity contribution in [2.24, 2.45) is 94.7 Å². The summed E-state index contributed by atoms with van der Waals surface area (Å²) >= 11 is 0. The summed E-state index contributed by atoms with van der Waals surface area (Å²) in [6.45, 7) is 16.6. The van der Waals surface area contributed by atoms with Crippen LogP contribution in [0.5, 0.6) is 0 Å². The number of allylic oxidation sites excluding steroid dienone is 12. The first-order valence-corrected chi connectivity index (χ1v) is 19.8. The third kappa shape index (κ3) is 6.76. The molecule has 0 heteroatoms. The molecule has 7 fully saturated rings. The molecule has 7 rings (SSSR count). The Morgan fingerprint density at radius 2 is 0.522 bits per heavy atom. The van der Waals surface area contributed by atoms with E-state index < -0.39 is 0 Å². The lowest BCUT2D eigenvalue weighted by Gasteiger charge is -2.52. The summed E-state index contributed by atoms with van der Waals surface area (Å²) in [6.07, 6.45) is 49.2. The Kier molecular flexibility index (Phi) is 10.3. The Morgan fingerprint density at radius 3 is 0.826 bits per heavy atom. The van der Waals surface area contributed by atoms with E-state index in [0.717, 1.165) is 88.8 Å². The molecule has 0 aromatic rings. The molecule has 248 valence electrons. The smallest absolute Gasteiger partial charge is 0.0193 e. The van der Waals surface area contributed by atoms with Gasteiger partial charge in [-0.2, -0.15) is 0 Å². The maximum atomic E-state index is 4.41. The lowest BCUT2D eigenvalue weighted by molar-refractivity contribution is -0.0273. The minimum atomic E-state index is 0.699. The number of hydrogen-bond acceptors (Lipinski definition) is 0. The van der Waals surface area contributed by atoms with Gasteiger partial charge in [0.2, 0.25) is 0 Å². The van der Waals surface area contributed by atoms with Crippen LogP contribution in [0.4, 0.5) is 0 Å². The van der Waals surface area contributed by atoms with Gasteiger partial charge in [0, 0.05) is 0 Å². The average molecular weight is 617 g/mol. The third-order valence-corrected chi connectivity index (χ3v) is 14.7. The van der Waals surface area contributed by atoms with Crippen LogP contribution in [0.15, 0.2) is 99.2 Å². The molecule has 7 aliphatic rings. The average Bonchev–Trinajstić information content (AvgIpc) is 3.91. The van der Waals surface area contributed by atoms with Crippen molar-refractivity contribution in [1.82, 2.24) is 0 Å². The highest BCUT2D eigenvalue weighted by Crippen LogP contribution is 2.70. The van der Waals surface area contributed by atoms with E-state index in [1.54, 1.807) is 0 Å². The van der Waals surface area contributed by atoms with Crippen LogP contribution in [0, 0.1) is 94.7 Å². The van der Waals surface area contributed by atoms with Crippen molar-refractivity contribution in [2.75, 3.05) is 0 Å². The molecule has 0 amide bonds. The van der Waals surface area contributed by atoms with E-state index in [1.807, 2.05) is 0 Å². The fourth-order valence-electron chi connectivity index (χ4n) is 12.2. The second-order valence-electron chi connectivity index (χ2n) is 17.3. The molecule has 0 spiro atoms. The minimum absolute atomic E-state index is 0.699. The lowest BCUT2D eigenvalue weighted by atomic mass is 9.52. The van der Waals surface area contributed by atoms with Crippen molar-refractivity contribution in [2.45, 2.75) is 89.9 Å². The summed E-state index contributed by atoms with van der Waals surface area (Å²) in [5.41, 5.74) is 0. The van der Waals surface area contributed by atoms with Crippen LogP contribution in [-0.4, -0.2) is 0 Å². The van der Waals surface area contributed by atoms with Gasteiger partial charge in [0.15, 0.2) is 0 Å². The zero-order chi connectivity index (χ0) is 31.6. The molecule has 0 saturated heterocycles. The monoisotopic (exact) mass is 617 g/mol.